The van der Waals surface area contributed by atoms with E-state index in [-0.39, 0.29) is 0 Å². The van der Waals surface area contributed by atoms with E-state index in [1.807, 2.05) is 19.9 Å². The van der Waals surface area contributed by atoms with Crippen LogP contribution in [0.3, 0.4) is 0 Å². The van der Waals surface area contributed by atoms with Crippen LogP contribution in [-0.4, -0.2) is 12.3 Å². The molecule has 0 unspecified atom stereocenters. The van der Waals surface area contributed by atoms with Gasteiger partial charge >= 0.3 is 5.97 Å². The summed E-state index contributed by atoms with van der Waals surface area (Å²) < 4.78 is 15.7. The molecule has 0 spiro atoms. The molecular weight excluding hydrogens is 304 g/mol. The molecule has 2 rings (SSSR count). The molecule has 1 aliphatic rings. The molecule has 1 atom stereocenters. The molecular formula is C20H24O4. The van der Waals surface area contributed by atoms with Gasteiger partial charge in [0, 0.05) is 18.1 Å². The molecule has 1 aliphatic heterocycles. The van der Waals surface area contributed by atoms with Gasteiger partial charge in [0.05, 0.1) is 12.5 Å². The van der Waals surface area contributed by atoms with Crippen molar-refractivity contribution in [2.75, 3.05) is 0 Å². The van der Waals surface area contributed by atoms with Gasteiger partial charge in [-0.1, -0.05) is 23.8 Å². The Balaban J connectivity index is 1.74. The van der Waals surface area contributed by atoms with Crippen LogP contribution < -0.4 is 0 Å². The normalized spacial score (nSPS) is 18.0. The van der Waals surface area contributed by atoms with E-state index in [4.69, 9.17) is 13.9 Å². The van der Waals surface area contributed by atoms with Crippen molar-refractivity contribution in [1.82, 2.24) is 0 Å². The zero-order valence-electron chi connectivity index (χ0n) is 14.5. The predicted molar refractivity (Wildman–Crippen MR) is 93.1 cm³/mol. The summed E-state index contributed by atoms with van der Waals surface area (Å²) in [5.41, 5.74) is 4.00. The first-order chi connectivity index (χ1) is 11.4. The third-order valence-corrected chi connectivity index (χ3v) is 3.64. The Morgan fingerprint density at radius 3 is 2.79 bits per heavy atom. The van der Waals surface area contributed by atoms with Crippen molar-refractivity contribution in [3.8, 4) is 0 Å². The minimum atomic E-state index is -0.694. The van der Waals surface area contributed by atoms with Gasteiger partial charge in [0.15, 0.2) is 0 Å². The van der Waals surface area contributed by atoms with E-state index in [2.05, 4.69) is 19.6 Å². The number of rotatable bonds is 7. The van der Waals surface area contributed by atoms with Crippen molar-refractivity contribution in [3.63, 3.8) is 0 Å². The molecule has 0 saturated heterocycles. The van der Waals surface area contributed by atoms with E-state index in [1.165, 1.54) is 17.9 Å². The van der Waals surface area contributed by atoms with Crippen LogP contribution in [0.5, 0.6) is 0 Å². The molecule has 1 aromatic rings. The summed E-state index contributed by atoms with van der Waals surface area (Å²) in [6, 6.07) is 2.05. The molecule has 24 heavy (non-hydrogen) atoms. The Morgan fingerprint density at radius 2 is 2.17 bits per heavy atom. The fourth-order valence-electron chi connectivity index (χ4n) is 2.36. The Kier molecular flexibility index (Phi) is 6.24. The maximum Gasteiger partial charge on any atom is 0.334 e. The lowest BCUT2D eigenvalue weighted by Gasteiger charge is -2.11. The van der Waals surface area contributed by atoms with Gasteiger partial charge in [0.1, 0.15) is 5.76 Å². The monoisotopic (exact) mass is 328 g/mol. The molecule has 4 nitrogen and oxygen atoms in total. The Hall–Kier alpha value is -2.49. The Bertz CT molecular complexity index is 688. The van der Waals surface area contributed by atoms with Crippen LogP contribution in [0.25, 0.3) is 0 Å². The van der Waals surface area contributed by atoms with Gasteiger partial charge in [-0.2, -0.15) is 0 Å². The third-order valence-electron chi connectivity index (χ3n) is 3.64. The van der Waals surface area contributed by atoms with Crippen LogP contribution >= 0.6 is 0 Å². The number of hydrogen-bond acceptors (Lipinski definition) is 4. The first-order valence-electron chi connectivity index (χ1n) is 8.02. The standard InChI is InChI=1S/C20H24O4/c1-14(10-18-11-16(3)13-23-18)6-5-7-15(2)12-19(21)24-20-17(4)8-9-22-20/h6,8-9,11-13,20H,4-5,7,10H2,1-3H3/t20-/m1/s1. The summed E-state index contributed by atoms with van der Waals surface area (Å²) >= 11 is 0. The molecule has 4 heteroatoms. The third kappa shape index (κ3) is 5.61. The highest BCUT2D eigenvalue weighted by Crippen LogP contribution is 2.17. The van der Waals surface area contributed by atoms with Crippen molar-refractivity contribution >= 4 is 5.97 Å². The van der Waals surface area contributed by atoms with Crippen molar-refractivity contribution in [2.24, 2.45) is 0 Å². The number of ether oxygens (including phenoxy) is 2. The van der Waals surface area contributed by atoms with Crippen LogP contribution in [0.15, 0.2) is 64.5 Å². The molecule has 128 valence electrons. The second-order valence-electron chi connectivity index (χ2n) is 6.13. The minimum Gasteiger partial charge on any atom is -0.469 e. The lowest BCUT2D eigenvalue weighted by molar-refractivity contribution is -0.155. The van der Waals surface area contributed by atoms with Crippen molar-refractivity contribution in [3.05, 3.63) is 71.4 Å². The van der Waals surface area contributed by atoms with Crippen LogP contribution in [0.1, 0.15) is 38.0 Å². The highest BCUT2D eigenvalue weighted by molar-refractivity contribution is 5.83. The lowest BCUT2D eigenvalue weighted by Crippen LogP contribution is -2.16. The summed E-state index contributed by atoms with van der Waals surface area (Å²) in [7, 11) is 0. The van der Waals surface area contributed by atoms with Crippen LogP contribution in [0.4, 0.5) is 0 Å². The summed E-state index contributed by atoms with van der Waals surface area (Å²) in [6.45, 7) is 9.77. The van der Waals surface area contributed by atoms with Gasteiger partial charge in [-0.25, -0.2) is 4.79 Å². The highest BCUT2D eigenvalue weighted by Gasteiger charge is 2.19. The molecule has 0 aliphatic carbocycles. The van der Waals surface area contributed by atoms with Gasteiger partial charge in [-0.3, -0.25) is 0 Å². The molecule has 0 saturated carbocycles. The highest BCUT2D eigenvalue weighted by atomic mass is 16.7. The van der Waals surface area contributed by atoms with Crippen molar-refractivity contribution in [2.45, 2.75) is 46.3 Å². The first-order valence-corrected chi connectivity index (χ1v) is 8.02. The molecule has 0 radical (unpaired) electrons. The summed E-state index contributed by atoms with van der Waals surface area (Å²) in [5, 5.41) is 0. The average molecular weight is 328 g/mol. The molecule has 0 amide bonds. The largest absolute Gasteiger partial charge is 0.469 e. The zero-order valence-corrected chi connectivity index (χ0v) is 14.5. The first kappa shape index (κ1) is 17.9. The van der Waals surface area contributed by atoms with Gasteiger partial charge in [-0.05, 0) is 51.3 Å². The molecule has 0 fully saturated rings. The van der Waals surface area contributed by atoms with Gasteiger partial charge in [-0.15, -0.1) is 0 Å². The van der Waals surface area contributed by atoms with Crippen LogP contribution in [0, 0.1) is 6.92 Å². The molecule has 0 N–H and O–H groups in total. The average Bonchev–Trinajstić information content (AvgIpc) is 3.08. The Morgan fingerprint density at radius 1 is 1.38 bits per heavy atom. The summed E-state index contributed by atoms with van der Waals surface area (Å²) in [4.78, 5) is 11.8. The summed E-state index contributed by atoms with van der Waals surface area (Å²) in [5.74, 6) is 0.566. The van der Waals surface area contributed by atoms with E-state index < -0.39 is 12.3 Å². The molecule has 1 aromatic heterocycles. The van der Waals surface area contributed by atoms with E-state index in [9.17, 15) is 4.79 Å². The van der Waals surface area contributed by atoms with Crippen LogP contribution in [-0.2, 0) is 20.7 Å². The van der Waals surface area contributed by atoms with E-state index >= 15 is 0 Å². The smallest absolute Gasteiger partial charge is 0.334 e. The predicted octanol–water partition coefficient (Wildman–Crippen LogP) is 4.77. The fraction of sp³-hybridized carbons (Fsp3) is 0.350. The van der Waals surface area contributed by atoms with Gasteiger partial charge in [0.2, 0.25) is 0 Å². The minimum absolute atomic E-state index is 0.408. The van der Waals surface area contributed by atoms with Gasteiger partial charge in [0.25, 0.3) is 6.29 Å². The number of hydrogen-bond donors (Lipinski definition) is 0. The topological polar surface area (TPSA) is 48.7 Å². The van der Waals surface area contributed by atoms with Crippen LogP contribution in [0.2, 0.25) is 0 Å². The fourth-order valence-corrected chi connectivity index (χ4v) is 2.36. The number of carbonyl (C=O) groups is 1. The van der Waals surface area contributed by atoms with E-state index in [1.54, 1.807) is 12.3 Å². The lowest BCUT2D eigenvalue weighted by atomic mass is 10.1. The second-order valence-corrected chi connectivity index (χ2v) is 6.13. The maximum absolute atomic E-state index is 11.8. The van der Waals surface area contributed by atoms with Crippen molar-refractivity contribution < 1.29 is 18.7 Å². The molecule has 0 aromatic carbocycles. The second kappa shape index (κ2) is 8.39. The Labute approximate surface area is 143 Å². The van der Waals surface area contributed by atoms with Gasteiger partial charge < -0.3 is 13.9 Å². The maximum atomic E-state index is 11.8. The van der Waals surface area contributed by atoms with E-state index in [0.29, 0.717) is 5.57 Å². The van der Waals surface area contributed by atoms with Crippen molar-refractivity contribution in [1.29, 1.82) is 0 Å². The number of allylic oxidation sites excluding steroid dienone is 3. The SMILES string of the molecule is C=C1C=CO[C@@H]1OC(=O)C=C(C)CCC=C(C)Cc1cc(C)co1. The number of esters is 1. The summed E-state index contributed by atoms with van der Waals surface area (Å²) in [6.07, 6.45) is 10.4. The molecule has 0 bridgehead atoms. The number of aryl methyl sites for hydroxylation is 1. The number of carbonyl (C=O) groups excluding carboxylic acids is 1. The number of furan rings is 1. The molecule has 2 heterocycles. The quantitative estimate of drug-likeness (QED) is 0.411. The zero-order chi connectivity index (χ0) is 17.5. The van der Waals surface area contributed by atoms with E-state index in [0.717, 1.165) is 36.2 Å².